The highest BCUT2D eigenvalue weighted by Gasteiger charge is 2.07. The van der Waals surface area contributed by atoms with Crippen LogP contribution in [0.25, 0.3) is 5.65 Å². The zero-order valence-electron chi connectivity index (χ0n) is 9.22. The lowest BCUT2D eigenvalue weighted by Gasteiger charge is -2.00. The largest absolute Gasteiger partial charge is 0.196 e. The summed E-state index contributed by atoms with van der Waals surface area (Å²) in [6.45, 7) is 0. The number of fused-ring (bicyclic) bond motifs is 1. The molecule has 0 bridgehead atoms. The molecule has 0 aliphatic heterocycles. The van der Waals surface area contributed by atoms with Gasteiger partial charge in [-0.15, -0.1) is 10.2 Å². The number of rotatable bonds is 2. The summed E-state index contributed by atoms with van der Waals surface area (Å²) in [7, 11) is 0. The minimum atomic E-state index is 0.416. The van der Waals surface area contributed by atoms with Gasteiger partial charge in [0, 0.05) is 11.4 Å². The molecule has 6 heteroatoms. The molecule has 4 nitrogen and oxygen atoms in total. The van der Waals surface area contributed by atoms with Crippen molar-refractivity contribution in [1.29, 1.82) is 0 Å². The van der Waals surface area contributed by atoms with Gasteiger partial charge in [0.15, 0.2) is 11.5 Å². The predicted octanol–water partition coefficient (Wildman–Crippen LogP) is 3.02. The minimum absolute atomic E-state index is 0.416. The summed E-state index contributed by atoms with van der Waals surface area (Å²) in [4.78, 5) is 0. The molecule has 18 heavy (non-hydrogen) atoms. The lowest BCUT2D eigenvalue weighted by molar-refractivity contribution is 0.838. The summed E-state index contributed by atoms with van der Waals surface area (Å²) in [5.41, 5.74) is 1.78. The first-order valence-corrected chi connectivity index (χ1v) is 6.09. The van der Waals surface area contributed by atoms with E-state index in [0.717, 1.165) is 11.4 Å². The Morgan fingerprint density at radius 3 is 2.50 bits per heavy atom. The van der Waals surface area contributed by atoms with Crippen LogP contribution < -0.4 is 0 Å². The van der Waals surface area contributed by atoms with Gasteiger partial charge in [0.1, 0.15) is 5.15 Å². The van der Waals surface area contributed by atoms with E-state index in [9.17, 15) is 0 Å². The Kier molecular flexibility index (Phi) is 2.89. The third kappa shape index (κ3) is 2.17. The number of halogens is 2. The molecular formula is C12H8Cl2N4. The lowest BCUT2D eigenvalue weighted by Crippen LogP contribution is -2.00. The number of nitrogens with zero attached hydrogens (tertiary/aromatic N) is 4. The lowest BCUT2D eigenvalue weighted by atomic mass is 10.1. The number of hydrogen-bond acceptors (Lipinski definition) is 3. The fraction of sp³-hybridized carbons (Fsp3) is 0.0833. The van der Waals surface area contributed by atoms with Crippen LogP contribution in [0.4, 0.5) is 0 Å². The summed E-state index contributed by atoms with van der Waals surface area (Å²) >= 11 is 11.7. The van der Waals surface area contributed by atoms with Crippen LogP contribution in [0.1, 0.15) is 11.4 Å². The smallest absolute Gasteiger partial charge is 0.178 e. The molecular weight excluding hydrogens is 271 g/mol. The zero-order valence-corrected chi connectivity index (χ0v) is 10.7. The Hall–Kier alpha value is -1.65. The highest BCUT2D eigenvalue weighted by atomic mass is 35.5. The molecule has 0 aliphatic rings. The molecule has 0 amide bonds. The van der Waals surface area contributed by atoms with Crippen LogP contribution in [0.15, 0.2) is 36.4 Å². The van der Waals surface area contributed by atoms with Gasteiger partial charge in [-0.05, 0) is 29.8 Å². The summed E-state index contributed by atoms with van der Waals surface area (Å²) in [6.07, 6.45) is 0.631. The van der Waals surface area contributed by atoms with E-state index in [1.54, 1.807) is 16.6 Å². The normalized spacial score (nSPS) is 11.0. The average molecular weight is 279 g/mol. The van der Waals surface area contributed by atoms with Crippen molar-refractivity contribution in [3.8, 4) is 0 Å². The van der Waals surface area contributed by atoms with Gasteiger partial charge in [0.05, 0.1) is 0 Å². The van der Waals surface area contributed by atoms with E-state index in [1.807, 2.05) is 24.3 Å². The second kappa shape index (κ2) is 4.55. The third-order valence-electron chi connectivity index (χ3n) is 2.57. The molecule has 0 aliphatic carbocycles. The summed E-state index contributed by atoms with van der Waals surface area (Å²) in [5.74, 6) is 0.745. The maximum atomic E-state index is 5.87. The van der Waals surface area contributed by atoms with Crippen molar-refractivity contribution < 1.29 is 0 Å². The Morgan fingerprint density at radius 1 is 0.944 bits per heavy atom. The Morgan fingerprint density at radius 2 is 1.72 bits per heavy atom. The van der Waals surface area contributed by atoms with E-state index in [-0.39, 0.29) is 0 Å². The van der Waals surface area contributed by atoms with Gasteiger partial charge in [-0.1, -0.05) is 35.3 Å². The molecule has 0 saturated carbocycles. The summed E-state index contributed by atoms with van der Waals surface area (Å²) in [5, 5.41) is 13.5. The molecule has 2 aromatic heterocycles. The van der Waals surface area contributed by atoms with Crippen LogP contribution in [-0.4, -0.2) is 19.8 Å². The van der Waals surface area contributed by atoms with Crippen LogP contribution in [0.5, 0.6) is 0 Å². The van der Waals surface area contributed by atoms with E-state index in [0.29, 0.717) is 22.2 Å². The van der Waals surface area contributed by atoms with Crippen molar-refractivity contribution in [3.05, 3.63) is 58.0 Å². The van der Waals surface area contributed by atoms with Gasteiger partial charge < -0.3 is 0 Å². The summed E-state index contributed by atoms with van der Waals surface area (Å²) in [6, 6.07) is 11.1. The molecule has 90 valence electrons. The Bertz CT molecular complexity index is 691. The fourth-order valence-electron chi connectivity index (χ4n) is 1.71. The highest BCUT2D eigenvalue weighted by molar-refractivity contribution is 6.30. The zero-order chi connectivity index (χ0) is 12.5. The quantitative estimate of drug-likeness (QED) is 0.724. The van der Waals surface area contributed by atoms with Crippen molar-refractivity contribution in [2.75, 3.05) is 0 Å². The maximum Gasteiger partial charge on any atom is 0.178 e. The second-order valence-corrected chi connectivity index (χ2v) is 4.67. The summed E-state index contributed by atoms with van der Waals surface area (Å²) < 4.78 is 1.65. The van der Waals surface area contributed by atoms with Crippen LogP contribution in [0.2, 0.25) is 10.2 Å². The van der Waals surface area contributed by atoms with E-state index in [2.05, 4.69) is 15.3 Å². The molecule has 3 aromatic rings. The molecule has 1 aromatic carbocycles. The molecule has 0 N–H and O–H groups in total. The molecule has 0 radical (unpaired) electrons. The standard InChI is InChI=1S/C12H8Cl2N4/c13-9-3-1-8(2-4-9)7-12-16-15-11-6-5-10(14)17-18(11)12/h1-6H,7H2. The van der Waals surface area contributed by atoms with Gasteiger partial charge in [-0.2, -0.15) is 9.61 Å². The van der Waals surface area contributed by atoms with E-state index >= 15 is 0 Å². The van der Waals surface area contributed by atoms with Crippen LogP contribution in [0.3, 0.4) is 0 Å². The number of benzene rings is 1. The van der Waals surface area contributed by atoms with Gasteiger partial charge in [-0.3, -0.25) is 0 Å². The first kappa shape index (κ1) is 11.4. The van der Waals surface area contributed by atoms with E-state index < -0.39 is 0 Å². The van der Waals surface area contributed by atoms with Gasteiger partial charge in [-0.25, -0.2) is 0 Å². The van der Waals surface area contributed by atoms with E-state index in [4.69, 9.17) is 23.2 Å². The first-order chi connectivity index (χ1) is 8.72. The minimum Gasteiger partial charge on any atom is -0.196 e. The van der Waals surface area contributed by atoms with Crippen molar-refractivity contribution in [2.45, 2.75) is 6.42 Å². The third-order valence-corrected chi connectivity index (χ3v) is 3.02. The topological polar surface area (TPSA) is 43.1 Å². The van der Waals surface area contributed by atoms with Crippen molar-refractivity contribution >= 4 is 28.8 Å². The molecule has 0 fully saturated rings. The molecule has 0 unspecified atom stereocenters. The monoisotopic (exact) mass is 278 g/mol. The maximum absolute atomic E-state index is 5.87. The Balaban J connectivity index is 1.99. The van der Waals surface area contributed by atoms with Crippen molar-refractivity contribution in [3.63, 3.8) is 0 Å². The molecule has 3 rings (SSSR count). The predicted molar refractivity (Wildman–Crippen MR) is 70.1 cm³/mol. The highest BCUT2D eigenvalue weighted by Crippen LogP contribution is 2.14. The Labute approximate surface area is 113 Å². The van der Waals surface area contributed by atoms with Gasteiger partial charge >= 0.3 is 0 Å². The van der Waals surface area contributed by atoms with Crippen LogP contribution >= 0.6 is 23.2 Å². The number of aromatic nitrogens is 4. The average Bonchev–Trinajstić information content (AvgIpc) is 2.75. The van der Waals surface area contributed by atoms with Gasteiger partial charge in [0.25, 0.3) is 0 Å². The van der Waals surface area contributed by atoms with Crippen molar-refractivity contribution in [2.24, 2.45) is 0 Å². The first-order valence-electron chi connectivity index (χ1n) is 5.34. The second-order valence-electron chi connectivity index (χ2n) is 3.85. The molecule has 0 saturated heterocycles. The molecule has 2 heterocycles. The van der Waals surface area contributed by atoms with Crippen LogP contribution in [-0.2, 0) is 6.42 Å². The molecule has 0 atom stereocenters. The number of hydrogen-bond donors (Lipinski definition) is 0. The van der Waals surface area contributed by atoms with E-state index in [1.165, 1.54) is 0 Å². The SMILES string of the molecule is Clc1ccc(Cc2nnc3ccc(Cl)nn23)cc1. The van der Waals surface area contributed by atoms with Crippen molar-refractivity contribution in [1.82, 2.24) is 19.8 Å². The van der Waals surface area contributed by atoms with Crippen LogP contribution in [0, 0.1) is 0 Å². The van der Waals surface area contributed by atoms with Gasteiger partial charge in [0.2, 0.25) is 0 Å². The fourth-order valence-corrected chi connectivity index (χ4v) is 1.97. The molecule has 0 spiro atoms.